The Morgan fingerprint density at radius 2 is 1.44 bits per heavy atom. The summed E-state index contributed by atoms with van der Waals surface area (Å²) in [6, 6.07) is 9.58. The number of fused-ring (bicyclic) bond motifs is 3. The van der Waals surface area contributed by atoms with Crippen molar-refractivity contribution in [1.82, 2.24) is 0 Å². The summed E-state index contributed by atoms with van der Waals surface area (Å²) in [7, 11) is 0. The number of ether oxygens (including phenoxy) is 11. The zero-order valence-corrected chi connectivity index (χ0v) is 28.5. The molecule has 0 amide bonds. The van der Waals surface area contributed by atoms with Gasteiger partial charge in [0.1, 0.15) is 49.3 Å². The molecule has 0 radical (unpaired) electrons. The van der Waals surface area contributed by atoms with E-state index < -0.39 is 84.9 Å². The van der Waals surface area contributed by atoms with Crippen molar-refractivity contribution >= 4 is 34.5 Å². The number of carbonyl (C=O) groups is 2. The number of benzene rings is 1. The van der Waals surface area contributed by atoms with Gasteiger partial charge in [-0.1, -0.05) is 52.9 Å². The fourth-order valence-corrected chi connectivity index (χ4v) is 6.26. The van der Waals surface area contributed by atoms with E-state index in [4.69, 9.17) is 52.1 Å². The maximum absolute atomic E-state index is 12.3. The van der Waals surface area contributed by atoms with Crippen molar-refractivity contribution in [1.29, 1.82) is 0 Å². The van der Waals surface area contributed by atoms with Gasteiger partial charge in [-0.05, 0) is 33.3 Å². The lowest BCUT2D eigenvalue weighted by molar-refractivity contribution is -0.329. The normalized spacial score (nSPS) is 36.6. The molecule has 4 fully saturated rings. The fraction of sp³-hybridized carbons (Fsp3) is 0.742. The minimum Gasteiger partial charge on any atom is -0.463 e. The minimum absolute atomic E-state index is 0.00625. The van der Waals surface area contributed by atoms with E-state index in [2.05, 4.69) is 22.6 Å². The predicted octanol–water partition coefficient (Wildman–Crippen LogP) is 3.02. The first kappa shape index (κ1) is 34.9. The van der Waals surface area contributed by atoms with Gasteiger partial charge in [-0.3, -0.25) is 9.59 Å². The quantitative estimate of drug-likeness (QED) is 0.176. The molecular formula is C31H43IO13. The summed E-state index contributed by atoms with van der Waals surface area (Å²) in [5.41, 5.74) is 0.908. The monoisotopic (exact) mass is 750 g/mol. The second-order valence-electron chi connectivity index (χ2n) is 12.2. The van der Waals surface area contributed by atoms with E-state index in [1.54, 1.807) is 0 Å². The Morgan fingerprint density at radius 1 is 0.756 bits per heavy atom. The SMILES string of the molecule is CC(=O)OC[C@H]1OC(OC[C@H]2OC3OC(C)(C)O[C@@H]3[C@H]3OC(C)(C)O[C@H]32)[C@H](OCCI)[C@@H](OCc2ccccc2)[C@@H]1OC(C)=O. The van der Waals surface area contributed by atoms with Crippen molar-refractivity contribution in [2.45, 2.75) is 121 Å². The number of hydrogen-bond donors (Lipinski definition) is 0. The highest BCUT2D eigenvalue weighted by molar-refractivity contribution is 14.1. The third kappa shape index (κ3) is 8.72. The largest absolute Gasteiger partial charge is 0.463 e. The number of rotatable bonds is 12. The molecule has 4 heterocycles. The number of hydrogen-bond acceptors (Lipinski definition) is 13. The van der Waals surface area contributed by atoms with E-state index in [9.17, 15) is 9.59 Å². The summed E-state index contributed by atoms with van der Waals surface area (Å²) < 4.78 is 68.1. The summed E-state index contributed by atoms with van der Waals surface area (Å²) >= 11 is 2.21. The molecule has 13 nitrogen and oxygen atoms in total. The molecule has 5 rings (SSSR count). The van der Waals surface area contributed by atoms with Gasteiger partial charge in [0.15, 0.2) is 30.3 Å². The Balaban J connectivity index is 1.39. The molecular weight excluding hydrogens is 707 g/mol. The highest BCUT2D eigenvalue weighted by Crippen LogP contribution is 2.44. The van der Waals surface area contributed by atoms with Crippen LogP contribution in [0, 0.1) is 0 Å². The van der Waals surface area contributed by atoms with Gasteiger partial charge in [-0.25, -0.2) is 0 Å². The molecule has 2 unspecified atom stereocenters. The lowest BCUT2D eigenvalue weighted by Crippen LogP contribution is -2.63. The molecule has 10 atom stereocenters. The predicted molar refractivity (Wildman–Crippen MR) is 163 cm³/mol. The Labute approximate surface area is 276 Å². The van der Waals surface area contributed by atoms with Crippen molar-refractivity contribution in [2.24, 2.45) is 0 Å². The van der Waals surface area contributed by atoms with Gasteiger partial charge >= 0.3 is 11.9 Å². The number of carbonyl (C=O) groups excluding carboxylic acids is 2. The van der Waals surface area contributed by atoms with Gasteiger partial charge in [0.05, 0.1) is 19.8 Å². The van der Waals surface area contributed by atoms with Crippen LogP contribution in [0.2, 0.25) is 0 Å². The zero-order chi connectivity index (χ0) is 32.4. The van der Waals surface area contributed by atoms with E-state index in [1.807, 2.05) is 58.0 Å². The summed E-state index contributed by atoms with van der Waals surface area (Å²) in [5.74, 6) is -2.80. The van der Waals surface area contributed by atoms with Crippen LogP contribution in [0.5, 0.6) is 0 Å². The van der Waals surface area contributed by atoms with E-state index in [0.29, 0.717) is 11.0 Å². The Morgan fingerprint density at radius 3 is 2.13 bits per heavy atom. The van der Waals surface area contributed by atoms with Crippen LogP contribution in [0.1, 0.15) is 47.1 Å². The Kier molecular flexibility index (Phi) is 11.4. The van der Waals surface area contributed by atoms with Gasteiger partial charge in [0.2, 0.25) is 0 Å². The lowest BCUT2D eigenvalue weighted by atomic mass is 9.97. The average molecular weight is 751 g/mol. The second-order valence-corrected chi connectivity index (χ2v) is 13.3. The second kappa shape index (κ2) is 14.7. The molecule has 4 aliphatic rings. The maximum Gasteiger partial charge on any atom is 0.303 e. The molecule has 252 valence electrons. The molecule has 4 aliphatic heterocycles. The first-order chi connectivity index (χ1) is 21.4. The van der Waals surface area contributed by atoms with Crippen molar-refractivity contribution in [3.05, 3.63) is 35.9 Å². The summed E-state index contributed by atoms with van der Waals surface area (Å²) in [6.07, 6.45) is -7.33. The third-order valence-corrected chi connectivity index (χ3v) is 8.13. The molecule has 0 saturated carbocycles. The van der Waals surface area contributed by atoms with E-state index in [0.717, 1.165) is 5.56 Å². The van der Waals surface area contributed by atoms with Crippen molar-refractivity contribution in [3.63, 3.8) is 0 Å². The highest BCUT2D eigenvalue weighted by Gasteiger charge is 2.61. The van der Waals surface area contributed by atoms with E-state index in [-0.39, 0.29) is 19.8 Å². The molecule has 0 aliphatic carbocycles. The van der Waals surface area contributed by atoms with Crippen molar-refractivity contribution in [3.8, 4) is 0 Å². The van der Waals surface area contributed by atoms with Crippen LogP contribution in [0.25, 0.3) is 0 Å². The van der Waals surface area contributed by atoms with E-state index in [1.165, 1.54) is 13.8 Å². The van der Waals surface area contributed by atoms with Crippen molar-refractivity contribution in [2.75, 3.05) is 24.2 Å². The van der Waals surface area contributed by atoms with Gasteiger partial charge in [0.25, 0.3) is 0 Å². The molecule has 0 N–H and O–H groups in total. The standard InChI is InChI=1S/C31H43IO13/c1-17(33)36-15-20-22(39-18(2)34)24(37-14-19-10-8-7-9-11-19)26(35-13-12-32)28(40-20)38-16-21-23-25(43-30(3,4)42-23)27-29(41-21)45-31(5,6)44-27/h7-11,20-29H,12-16H2,1-6H3/t20-,21-,22-,23+,24+,25+,26-,27-,28?,29?/m1/s1. The molecule has 45 heavy (non-hydrogen) atoms. The van der Waals surface area contributed by atoms with Crippen LogP contribution in [-0.2, 0) is 68.3 Å². The van der Waals surface area contributed by atoms with Crippen LogP contribution >= 0.6 is 22.6 Å². The first-order valence-corrected chi connectivity index (χ1v) is 16.7. The Hall–Kier alpha value is -1.47. The van der Waals surface area contributed by atoms with Gasteiger partial charge in [0, 0.05) is 18.3 Å². The molecule has 1 aromatic rings. The molecule has 0 bridgehead atoms. The number of halogens is 1. The molecule has 0 spiro atoms. The lowest BCUT2D eigenvalue weighted by Gasteiger charge is -2.45. The van der Waals surface area contributed by atoms with Crippen LogP contribution in [0.3, 0.4) is 0 Å². The average Bonchev–Trinajstić information content (AvgIpc) is 3.47. The van der Waals surface area contributed by atoms with Crippen LogP contribution in [0.15, 0.2) is 30.3 Å². The van der Waals surface area contributed by atoms with Crippen molar-refractivity contribution < 1.29 is 61.7 Å². The van der Waals surface area contributed by atoms with Gasteiger partial charge < -0.3 is 52.1 Å². The topological polar surface area (TPSA) is 136 Å². The maximum atomic E-state index is 12.3. The minimum atomic E-state index is -1.02. The Bertz CT molecular complexity index is 1150. The van der Waals surface area contributed by atoms with E-state index >= 15 is 0 Å². The van der Waals surface area contributed by atoms with Gasteiger partial charge in [-0.2, -0.15) is 0 Å². The zero-order valence-electron chi connectivity index (χ0n) is 26.4. The fourth-order valence-electron chi connectivity index (χ4n) is 6.01. The summed E-state index contributed by atoms with van der Waals surface area (Å²) in [5, 5.41) is 0. The molecule has 4 saturated heterocycles. The first-order valence-electron chi connectivity index (χ1n) is 15.1. The molecule has 14 heteroatoms. The third-order valence-electron chi connectivity index (χ3n) is 7.69. The van der Waals surface area contributed by atoms with Crippen LogP contribution in [-0.4, -0.2) is 109 Å². The van der Waals surface area contributed by atoms with Crippen LogP contribution < -0.4 is 0 Å². The highest BCUT2D eigenvalue weighted by atomic mass is 127. The smallest absolute Gasteiger partial charge is 0.303 e. The van der Waals surface area contributed by atoms with Crippen LogP contribution in [0.4, 0.5) is 0 Å². The molecule has 1 aromatic carbocycles. The number of esters is 2. The summed E-state index contributed by atoms with van der Waals surface area (Å²) in [6.45, 7) is 10.3. The van der Waals surface area contributed by atoms with Gasteiger partial charge in [-0.15, -0.1) is 0 Å². The molecule has 0 aromatic heterocycles. The summed E-state index contributed by atoms with van der Waals surface area (Å²) in [4.78, 5) is 24.1. The number of alkyl halides is 1.